The van der Waals surface area contributed by atoms with E-state index in [0.29, 0.717) is 19.3 Å². The normalized spacial score (nSPS) is 14.6. The molecule has 0 aliphatic carbocycles. The molecule has 5 N–H and O–H groups in total. The number of benzene rings is 2. The minimum Gasteiger partial charge on any atom is -0.480 e. The molecule has 172 valence electrons. The summed E-state index contributed by atoms with van der Waals surface area (Å²) in [7, 11) is 0. The lowest BCUT2D eigenvalue weighted by Crippen LogP contribution is -2.57. The smallest absolute Gasteiger partial charge is 0.326 e. The molecule has 0 fully saturated rings. The topological polar surface area (TPSA) is 122 Å². The van der Waals surface area contributed by atoms with Crippen LogP contribution in [0.5, 0.6) is 0 Å². The Balaban J connectivity index is 2.01. The summed E-state index contributed by atoms with van der Waals surface area (Å²) in [6.45, 7) is 3.75. The Hall–Kier alpha value is -3.19. The molecule has 2 rings (SSSR count). The van der Waals surface area contributed by atoms with Crippen LogP contribution in [0.25, 0.3) is 0 Å². The third-order valence-electron chi connectivity index (χ3n) is 5.61. The Morgan fingerprint density at radius 3 is 2.00 bits per heavy atom. The average Bonchev–Trinajstić information content (AvgIpc) is 2.81. The highest BCUT2D eigenvalue weighted by Crippen LogP contribution is 2.11. The Bertz CT molecular complexity index is 873. The van der Waals surface area contributed by atoms with Crippen LogP contribution in [0, 0.1) is 5.92 Å². The molecule has 0 aromatic heterocycles. The molecule has 7 heteroatoms. The molecule has 0 bridgehead atoms. The molecule has 7 nitrogen and oxygen atoms in total. The zero-order valence-corrected chi connectivity index (χ0v) is 18.7. The van der Waals surface area contributed by atoms with Crippen LogP contribution in [-0.2, 0) is 27.2 Å². The van der Waals surface area contributed by atoms with E-state index in [1.807, 2.05) is 74.5 Å². The lowest BCUT2D eigenvalue weighted by Gasteiger charge is -2.26. The molecule has 0 aliphatic heterocycles. The summed E-state index contributed by atoms with van der Waals surface area (Å²) in [4.78, 5) is 37.4. The van der Waals surface area contributed by atoms with Crippen LogP contribution >= 0.6 is 0 Å². The third-order valence-corrected chi connectivity index (χ3v) is 5.61. The molecule has 2 amide bonds. The highest BCUT2D eigenvalue weighted by Gasteiger charge is 2.31. The molecular weight excluding hydrogens is 406 g/mol. The van der Waals surface area contributed by atoms with Crippen molar-refractivity contribution in [1.29, 1.82) is 0 Å². The molecule has 0 saturated heterocycles. The minimum atomic E-state index is -1.13. The maximum atomic E-state index is 13.0. The summed E-state index contributed by atoms with van der Waals surface area (Å²) in [6, 6.07) is 16.1. The lowest BCUT2D eigenvalue weighted by atomic mass is 9.96. The number of aryl methyl sites for hydroxylation is 1. The van der Waals surface area contributed by atoms with E-state index in [9.17, 15) is 19.5 Å². The van der Waals surface area contributed by atoms with Gasteiger partial charge in [0.05, 0.1) is 6.04 Å². The van der Waals surface area contributed by atoms with Crippen molar-refractivity contribution in [3.63, 3.8) is 0 Å². The first-order chi connectivity index (χ1) is 15.3. The van der Waals surface area contributed by atoms with Crippen LogP contribution in [0.15, 0.2) is 60.7 Å². The largest absolute Gasteiger partial charge is 0.480 e. The number of carbonyl (C=O) groups excluding carboxylic acids is 2. The van der Waals surface area contributed by atoms with Crippen molar-refractivity contribution >= 4 is 17.8 Å². The van der Waals surface area contributed by atoms with E-state index in [0.717, 1.165) is 11.1 Å². The van der Waals surface area contributed by atoms with Crippen molar-refractivity contribution < 1.29 is 19.5 Å². The van der Waals surface area contributed by atoms with Gasteiger partial charge in [0, 0.05) is 6.42 Å². The number of carbonyl (C=O) groups is 3. The van der Waals surface area contributed by atoms with Gasteiger partial charge in [-0.05, 0) is 29.9 Å². The van der Waals surface area contributed by atoms with Gasteiger partial charge in [-0.15, -0.1) is 0 Å². The van der Waals surface area contributed by atoms with Gasteiger partial charge in [0.15, 0.2) is 0 Å². The van der Waals surface area contributed by atoms with Crippen LogP contribution in [0.3, 0.4) is 0 Å². The molecule has 0 spiro atoms. The first-order valence-corrected chi connectivity index (χ1v) is 11.0. The number of hydrogen-bond acceptors (Lipinski definition) is 4. The van der Waals surface area contributed by atoms with Gasteiger partial charge in [-0.2, -0.15) is 0 Å². The number of amides is 2. The quantitative estimate of drug-likeness (QED) is 0.404. The first kappa shape index (κ1) is 25.1. The standard InChI is InChI=1S/C25H33N3O4/c1-3-17(2)22(28-23(29)20(26)15-14-18-10-6-4-7-11-18)24(30)27-21(25(31)32)16-19-12-8-5-9-13-19/h4-13,17,20-22H,3,14-16,26H2,1-2H3,(H,27,30)(H,28,29)(H,31,32)/t17-,20-,21-,22-/m0/s1. The number of rotatable bonds is 12. The second kappa shape index (κ2) is 12.6. The third kappa shape index (κ3) is 7.81. The number of carboxylic acids is 1. The zero-order chi connectivity index (χ0) is 23.5. The fraction of sp³-hybridized carbons (Fsp3) is 0.400. The second-order valence-electron chi connectivity index (χ2n) is 8.09. The summed E-state index contributed by atoms with van der Waals surface area (Å²) in [5.74, 6) is -2.26. The van der Waals surface area contributed by atoms with Gasteiger partial charge < -0.3 is 21.5 Å². The molecular formula is C25H33N3O4. The van der Waals surface area contributed by atoms with Crippen LogP contribution < -0.4 is 16.4 Å². The van der Waals surface area contributed by atoms with Crippen molar-refractivity contribution in [2.75, 3.05) is 0 Å². The first-order valence-electron chi connectivity index (χ1n) is 11.0. The van der Waals surface area contributed by atoms with Crippen molar-refractivity contribution in [2.45, 2.75) is 57.7 Å². The number of carboxylic acid groups (broad SMARTS) is 1. The average molecular weight is 440 g/mol. The molecule has 0 aliphatic rings. The van der Waals surface area contributed by atoms with Crippen molar-refractivity contribution in [3.8, 4) is 0 Å². The van der Waals surface area contributed by atoms with Crippen LogP contribution in [-0.4, -0.2) is 41.0 Å². The van der Waals surface area contributed by atoms with E-state index in [1.54, 1.807) is 0 Å². The van der Waals surface area contributed by atoms with Gasteiger partial charge in [0.25, 0.3) is 0 Å². The highest BCUT2D eigenvalue weighted by molar-refractivity contribution is 5.92. The predicted molar refractivity (Wildman–Crippen MR) is 124 cm³/mol. The van der Waals surface area contributed by atoms with Crippen LogP contribution in [0.1, 0.15) is 37.8 Å². The number of nitrogens with two attached hydrogens (primary N) is 1. The van der Waals surface area contributed by atoms with E-state index in [4.69, 9.17) is 5.73 Å². The monoisotopic (exact) mass is 439 g/mol. The molecule has 2 aromatic rings. The fourth-order valence-corrected chi connectivity index (χ4v) is 3.37. The lowest BCUT2D eigenvalue weighted by molar-refractivity contribution is -0.142. The van der Waals surface area contributed by atoms with Gasteiger partial charge in [-0.25, -0.2) is 4.79 Å². The van der Waals surface area contributed by atoms with Gasteiger partial charge in [0.2, 0.25) is 11.8 Å². The summed E-state index contributed by atoms with van der Waals surface area (Å²) < 4.78 is 0. The fourth-order valence-electron chi connectivity index (χ4n) is 3.37. The van der Waals surface area contributed by atoms with E-state index in [1.165, 1.54) is 0 Å². The van der Waals surface area contributed by atoms with E-state index in [2.05, 4.69) is 10.6 Å². The van der Waals surface area contributed by atoms with Gasteiger partial charge in [-0.1, -0.05) is 80.9 Å². The highest BCUT2D eigenvalue weighted by atomic mass is 16.4. The molecule has 2 aromatic carbocycles. The van der Waals surface area contributed by atoms with Crippen molar-refractivity contribution in [3.05, 3.63) is 71.8 Å². The summed E-state index contributed by atoms with van der Waals surface area (Å²) in [5, 5.41) is 14.9. The molecule has 32 heavy (non-hydrogen) atoms. The zero-order valence-electron chi connectivity index (χ0n) is 18.7. The molecule has 0 heterocycles. The summed E-state index contributed by atoms with van der Waals surface area (Å²) in [5.41, 5.74) is 7.95. The van der Waals surface area contributed by atoms with Gasteiger partial charge in [0.1, 0.15) is 12.1 Å². The SMILES string of the molecule is CC[C@H](C)[C@H](NC(=O)[C@@H](N)CCc1ccccc1)C(=O)N[C@@H](Cc1ccccc1)C(=O)O. The van der Waals surface area contributed by atoms with E-state index in [-0.39, 0.29) is 12.3 Å². The molecule has 4 atom stereocenters. The molecule has 0 saturated carbocycles. The number of nitrogens with one attached hydrogen (secondary N) is 2. The second-order valence-corrected chi connectivity index (χ2v) is 8.09. The van der Waals surface area contributed by atoms with Crippen molar-refractivity contribution in [1.82, 2.24) is 10.6 Å². The number of aliphatic carboxylic acids is 1. The Morgan fingerprint density at radius 2 is 1.47 bits per heavy atom. The molecule has 0 radical (unpaired) electrons. The predicted octanol–water partition coefficient (Wildman–Crippen LogP) is 2.29. The van der Waals surface area contributed by atoms with E-state index < -0.39 is 35.9 Å². The van der Waals surface area contributed by atoms with Crippen LogP contribution in [0.2, 0.25) is 0 Å². The maximum Gasteiger partial charge on any atom is 0.326 e. The number of hydrogen-bond donors (Lipinski definition) is 4. The van der Waals surface area contributed by atoms with Crippen molar-refractivity contribution in [2.24, 2.45) is 11.7 Å². The summed E-state index contributed by atoms with van der Waals surface area (Å²) in [6.07, 6.45) is 1.87. The Labute approximate surface area is 189 Å². The van der Waals surface area contributed by atoms with E-state index >= 15 is 0 Å². The Kier molecular flexibility index (Phi) is 9.88. The minimum absolute atomic E-state index is 0.152. The van der Waals surface area contributed by atoms with Gasteiger partial charge in [-0.3, -0.25) is 9.59 Å². The Morgan fingerprint density at radius 1 is 0.906 bits per heavy atom. The maximum absolute atomic E-state index is 13.0. The van der Waals surface area contributed by atoms with Crippen LogP contribution in [0.4, 0.5) is 0 Å². The summed E-state index contributed by atoms with van der Waals surface area (Å²) >= 11 is 0. The van der Waals surface area contributed by atoms with Gasteiger partial charge >= 0.3 is 5.97 Å². The molecule has 0 unspecified atom stereocenters.